The predicted octanol–water partition coefficient (Wildman–Crippen LogP) is 3.30. The summed E-state index contributed by atoms with van der Waals surface area (Å²) < 4.78 is 7.42. The molecule has 0 fully saturated rings. The van der Waals surface area contributed by atoms with Crippen molar-refractivity contribution in [2.24, 2.45) is 5.10 Å². The number of rotatable bonds is 5. The van der Waals surface area contributed by atoms with Gasteiger partial charge in [-0.05, 0) is 55.0 Å². The highest BCUT2D eigenvalue weighted by atomic mass is 32.1. The number of para-hydroxylation sites is 1. The van der Waals surface area contributed by atoms with Crippen LogP contribution in [0, 0.1) is 4.77 Å². The van der Waals surface area contributed by atoms with E-state index in [0.29, 0.717) is 28.5 Å². The molecule has 0 spiro atoms. The molecule has 2 aromatic carbocycles. The molecule has 0 aliphatic carbocycles. The largest absolute Gasteiger partial charge is 0.504 e. The maximum atomic E-state index is 9.57. The standard InChI is InChI=1S/C17H16N4O3S/c1-2-24-15-6-4-3-5-12(15)16-19-20-17(25)21(16)18-10-11-7-8-13(22)14(23)9-11/h3-10,22-23H,2H2,1H3,(H,20,25)/b18-10+. The van der Waals surface area contributed by atoms with Crippen molar-refractivity contribution < 1.29 is 14.9 Å². The summed E-state index contributed by atoms with van der Waals surface area (Å²) in [4.78, 5) is 0. The van der Waals surface area contributed by atoms with Crippen LogP contribution in [-0.4, -0.2) is 37.9 Å². The van der Waals surface area contributed by atoms with E-state index >= 15 is 0 Å². The molecular formula is C17H16N4O3S. The molecule has 0 amide bonds. The van der Waals surface area contributed by atoms with Gasteiger partial charge in [0.15, 0.2) is 17.3 Å². The molecule has 25 heavy (non-hydrogen) atoms. The summed E-state index contributed by atoms with van der Waals surface area (Å²) in [6, 6.07) is 11.9. The van der Waals surface area contributed by atoms with Crippen molar-refractivity contribution in [3.8, 4) is 28.6 Å². The van der Waals surface area contributed by atoms with Crippen LogP contribution in [0.1, 0.15) is 12.5 Å². The number of aromatic amines is 1. The first-order valence-electron chi connectivity index (χ1n) is 7.56. The fraction of sp³-hybridized carbons (Fsp3) is 0.118. The van der Waals surface area contributed by atoms with Crippen LogP contribution in [-0.2, 0) is 0 Å². The molecule has 0 unspecified atom stereocenters. The van der Waals surface area contributed by atoms with Crippen LogP contribution >= 0.6 is 12.2 Å². The summed E-state index contributed by atoms with van der Waals surface area (Å²) in [7, 11) is 0. The molecule has 3 N–H and O–H groups in total. The van der Waals surface area contributed by atoms with Crippen molar-refractivity contribution in [2.75, 3.05) is 6.61 Å². The number of phenols is 2. The molecule has 7 nitrogen and oxygen atoms in total. The number of H-pyrrole nitrogens is 1. The molecular weight excluding hydrogens is 340 g/mol. The molecule has 3 rings (SSSR count). The monoisotopic (exact) mass is 356 g/mol. The normalized spacial score (nSPS) is 11.1. The third-order valence-electron chi connectivity index (χ3n) is 3.40. The van der Waals surface area contributed by atoms with Crippen molar-refractivity contribution in [1.82, 2.24) is 14.9 Å². The second kappa shape index (κ2) is 7.18. The Bertz CT molecular complexity index is 978. The molecule has 1 heterocycles. The van der Waals surface area contributed by atoms with Gasteiger partial charge < -0.3 is 14.9 Å². The zero-order valence-corrected chi connectivity index (χ0v) is 14.2. The summed E-state index contributed by atoms with van der Waals surface area (Å²) in [5.74, 6) is 0.774. The quantitative estimate of drug-likeness (QED) is 0.370. The number of hydrogen-bond acceptors (Lipinski definition) is 6. The van der Waals surface area contributed by atoms with E-state index in [2.05, 4.69) is 15.3 Å². The fourth-order valence-electron chi connectivity index (χ4n) is 2.25. The average Bonchev–Trinajstić information content (AvgIpc) is 2.97. The molecule has 0 saturated heterocycles. The second-order valence-electron chi connectivity index (χ2n) is 5.09. The van der Waals surface area contributed by atoms with E-state index in [1.807, 2.05) is 31.2 Å². The molecule has 0 bridgehead atoms. The van der Waals surface area contributed by atoms with Crippen molar-refractivity contribution in [3.05, 3.63) is 52.8 Å². The van der Waals surface area contributed by atoms with E-state index in [0.717, 1.165) is 5.56 Å². The lowest BCUT2D eigenvalue weighted by atomic mass is 10.2. The first-order chi connectivity index (χ1) is 12.1. The highest BCUT2D eigenvalue weighted by molar-refractivity contribution is 7.71. The lowest BCUT2D eigenvalue weighted by Gasteiger charge is -2.08. The average molecular weight is 356 g/mol. The zero-order valence-electron chi connectivity index (χ0n) is 13.4. The molecule has 0 aliphatic rings. The van der Waals surface area contributed by atoms with Gasteiger partial charge in [0, 0.05) is 0 Å². The van der Waals surface area contributed by atoms with Crippen LogP contribution in [0.2, 0.25) is 0 Å². The maximum Gasteiger partial charge on any atom is 0.216 e. The number of benzene rings is 2. The van der Waals surface area contributed by atoms with Crippen LogP contribution in [0.5, 0.6) is 17.2 Å². The minimum atomic E-state index is -0.221. The smallest absolute Gasteiger partial charge is 0.216 e. The maximum absolute atomic E-state index is 9.57. The van der Waals surface area contributed by atoms with Crippen molar-refractivity contribution in [1.29, 1.82) is 0 Å². The Kier molecular flexibility index (Phi) is 4.80. The minimum Gasteiger partial charge on any atom is -0.504 e. The molecule has 0 aliphatic heterocycles. The Morgan fingerprint density at radius 1 is 1.24 bits per heavy atom. The van der Waals surface area contributed by atoms with Gasteiger partial charge >= 0.3 is 0 Å². The molecule has 0 atom stereocenters. The van der Waals surface area contributed by atoms with E-state index < -0.39 is 0 Å². The molecule has 0 saturated carbocycles. The zero-order chi connectivity index (χ0) is 17.8. The third-order valence-corrected chi connectivity index (χ3v) is 3.66. The number of aromatic nitrogens is 3. The summed E-state index contributed by atoms with van der Waals surface area (Å²) in [5.41, 5.74) is 1.35. The highest BCUT2D eigenvalue weighted by Crippen LogP contribution is 2.28. The number of nitrogens with zero attached hydrogens (tertiary/aromatic N) is 3. The van der Waals surface area contributed by atoms with Gasteiger partial charge in [-0.2, -0.15) is 14.9 Å². The van der Waals surface area contributed by atoms with E-state index in [4.69, 9.17) is 17.0 Å². The van der Waals surface area contributed by atoms with Gasteiger partial charge in [-0.15, -0.1) is 0 Å². The van der Waals surface area contributed by atoms with Crippen LogP contribution in [0.15, 0.2) is 47.6 Å². The number of ether oxygens (including phenoxy) is 1. The Morgan fingerprint density at radius 3 is 2.80 bits per heavy atom. The summed E-state index contributed by atoms with van der Waals surface area (Å²) >= 11 is 5.24. The fourth-order valence-corrected chi connectivity index (χ4v) is 2.43. The van der Waals surface area contributed by atoms with Crippen molar-refractivity contribution in [3.63, 3.8) is 0 Å². The van der Waals surface area contributed by atoms with Gasteiger partial charge in [0.05, 0.1) is 18.4 Å². The van der Waals surface area contributed by atoms with Crippen LogP contribution in [0.3, 0.4) is 0 Å². The molecule has 128 valence electrons. The lowest BCUT2D eigenvalue weighted by Crippen LogP contribution is -1.99. The third kappa shape index (κ3) is 3.53. The number of aromatic hydroxyl groups is 2. The van der Waals surface area contributed by atoms with Crippen molar-refractivity contribution >= 4 is 18.4 Å². The van der Waals surface area contributed by atoms with Crippen molar-refractivity contribution in [2.45, 2.75) is 6.92 Å². The summed E-state index contributed by atoms with van der Waals surface area (Å²) in [5, 5.41) is 30.2. The van der Waals surface area contributed by atoms with E-state index in [1.165, 1.54) is 23.0 Å². The Labute approximate surface area is 148 Å². The number of phenolic OH excluding ortho intramolecular Hbond substituents is 2. The van der Waals surface area contributed by atoms with Crippen LogP contribution in [0.4, 0.5) is 0 Å². The van der Waals surface area contributed by atoms with Gasteiger partial charge in [-0.25, -0.2) is 5.10 Å². The van der Waals surface area contributed by atoms with Gasteiger partial charge in [0.2, 0.25) is 4.77 Å². The molecule has 0 radical (unpaired) electrons. The Balaban J connectivity index is 2.02. The van der Waals surface area contributed by atoms with Gasteiger partial charge in [0.25, 0.3) is 0 Å². The Morgan fingerprint density at radius 2 is 2.04 bits per heavy atom. The first-order valence-corrected chi connectivity index (χ1v) is 7.97. The topological polar surface area (TPSA) is 95.7 Å². The number of nitrogens with one attached hydrogen (secondary N) is 1. The predicted molar refractivity (Wildman–Crippen MR) is 96.8 cm³/mol. The SMILES string of the molecule is CCOc1ccccc1-c1n[nH]c(=S)n1/N=C/c1ccc(O)c(O)c1. The van der Waals surface area contributed by atoms with Crippen LogP contribution < -0.4 is 4.74 Å². The lowest BCUT2D eigenvalue weighted by molar-refractivity contribution is 0.341. The van der Waals surface area contributed by atoms with Crippen LogP contribution in [0.25, 0.3) is 11.4 Å². The van der Waals surface area contributed by atoms with Gasteiger partial charge in [-0.1, -0.05) is 12.1 Å². The minimum absolute atomic E-state index is 0.191. The second-order valence-corrected chi connectivity index (χ2v) is 5.47. The van der Waals surface area contributed by atoms with E-state index in [1.54, 1.807) is 6.07 Å². The Hall–Kier alpha value is -3.13. The molecule has 3 aromatic rings. The molecule has 1 aromatic heterocycles. The van der Waals surface area contributed by atoms with Gasteiger partial charge in [0.1, 0.15) is 5.75 Å². The van der Waals surface area contributed by atoms with E-state index in [-0.39, 0.29) is 11.5 Å². The summed E-state index contributed by atoms with van der Waals surface area (Å²) in [6.45, 7) is 2.43. The summed E-state index contributed by atoms with van der Waals surface area (Å²) in [6.07, 6.45) is 1.51. The molecule has 8 heteroatoms. The number of hydrogen-bond donors (Lipinski definition) is 3. The first kappa shape index (κ1) is 16.7. The van der Waals surface area contributed by atoms with E-state index in [9.17, 15) is 10.2 Å². The van der Waals surface area contributed by atoms with Gasteiger partial charge in [-0.3, -0.25) is 0 Å². The highest BCUT2D eigenvalue weighted by Gasteiger charge is 2.13.